The Hall–Kier alpha value is -2.45. The van der Waals surface area contributed by atoms with E-state index < -0.39 is 24.2 Å². The van der Waals surface area contributed by atoms with Gasteiger partial charge >= 0.3 is 17.9 Å². The molecule has 0 amide bonds. The standard InChI is InChI=1S/C8H14O3.C6H10O3.C4H6O2/c1-5-10-7(4)11-8(9)6(2)3;1-5(2)6(8)9-4-3-7;1-3(2)4(5)6/h7H,2,5H2,1,3-4H3;7H,1,3-4H2,2H3;1H2,2H3,(H,5,6). The van der Waals surface area contributed by atoms with Gasteiger partial charge in [-0.2, -0.15) is 0 Å². The lowest BCUT2D eigenvalue weighted by Gasteiger charge is -2.11. The minimum atomic E-state index is -0.935. The van der Waals surface area contributed by atoms with Crippen LogP contribution in [0.2, 0.25) is 0 Å². The maximum absolute atomic E-state index is 10.8. The van der Waals surface area contributed by atoms with E-state index in [-0.39, 0.29) is 18.8 Å². The summed E-state index contributed by atoms with van der Waals surface area (Å²) in [6, 6.07) is 0. The topological polar surface area (TPSA) is 119 Å². The number of aliphatic hydroxyl groups excluding tert-OH is 1. The van der Waals surface area contributed by atoms with Crippen molar-refractivity contribution in [2.75, 3.05) is 19.8 Å². The Labute approximate surface area is 154 Å². The van der Waals surface area contributed by atoms with Gasteiger partial charge in [-0.15, -0.1) is 0 Å². The van der Waals surface area contributed by atoms with Crippen LogP contribution >= 0.6 is 0 Å². The van der Waals surface area contributed by atoms with Gasteiger partial charge in [-0.3, -0.25) is 0 Å². The highest BCUT2D eigenvalue weighted by Gasteiger charge is 2.08. The number of hydrogen-bond acceptors (Lipinski definition) is 7. The second-order valence-corrected chi connectivity index (χ2v) is 4.93. The third kappa shape index (κ3) is 21.6. The normalized spacial score (nSPS) is 9.92. The highest BCUT2D eigenvalue weighted by atomic mass is 16.7. The number of carbonyl (C=O) groups excluding carboxylic acids is 2. The minimum Gasteiger partial charge on any atom is -0.478 e. The molecule has 8 nitrogen and oxygen atoms in total. The molecular formula is C18H30O8. The zero-order chi connectivity index (χ0) is 21.3. The van der Waals surface area contributed by atoms with E-state index in [1.54, 1.807) is 20.8 Å². The molecule has 0 aliphatic carbocycles. The van der Waals surface area contributed by atoms with Crippen LogP contribution in [-0.2, 0) is 28.6 Å². The average molecular weight is 374 g/mol. The van der Waals surface area contributed by atoms with Crippen molar-refractivity contribution < 1.29 is 38.8 Å². The Kier molecular flexibility index (Phi) is 19.0. The molecule has 0 aromatic heterocycles. The van der Waals surface area contributed by atoms with Crippen molar-refractivity contribution in [3.63, 3.8) is 0 Å². The quantitative estimate of drug-likeness (QED) is 0.377. The zero-order valence-electron chi connectivity index (χ0n) is 16.2. The third-order valence-corrected chi connectivity index (χ3v) is 2.06. The van der Waals surface area contributed by atoms with E-state index in [4.69, 9.17) is 19.7 Å². The Morgan fingerprint density at radius 3 is 1.65 bits per heavy atom. The number of hydrogen-bond donors (Lipinski definition) is 2. The molecule has 1 atom stereocenters. The number of aliphatic hydroxyl groups is 1. The molecule has 0 aliphatic rings. The minimum absolute atomic E-state index is 0.0473. The van der Waals surface area contributed by atoms with Crippen molar-refractivity contribution in [2.24, 2.45) is 0 Å². The van der Waals surface area contributed by atoms with Crippen LogP contribution in [0.3, 0.4) is 0 Å². The van der Waals surface area contributed by atoms with Crippen LogP contribution in [0.5, 0.6) is 0 Å². The maximum atomic E-state index is 10.8. The number of carbonyl (C=O) groups is 3. The predicted octanol–water partition coefficient (Wildman–Crippen LogP) is 2.23. The van der Waals surface area contributed by atoms with Crippen LogP contribution < -0.4 is 0 Å². The van der Waals surface area contributed by atoms with Crippen LogP contribution in [0.1, 0.15) is 34.6 Å². The number of esters is 2. The van der Waals surface area contributed by atoms with E-state index in [9.17, 15) is 14.4 Å². The van der Waals surface area contributed by atoms with Gasteiger partial charge in [0.25, 0.3) is 0 Å². The van der Waals surface area contributed by atoms with Crippen molar-refractivity contribution >= 4 is 17.9 Å². The van der Waals surface area contributed by atoms with Gasteiger partial charge in [0, 0.05) is 23.3 Å². The fourth-order valence-corrected chi connectivity index (χ4v) is 0.782. The second kappa shape index (κ2) is 17.4. The summed E-state index contributed by atoms with van der Waals surface area (Å²) in [5, 5.41) is 16.1. The molecule has 0 bridgehead atoms. The molecule has 0 fully saturated rings. The van der Waals surface area contributed by atoms with Gasteiger partial charge in [0.1, 0.15) is 6.61 Å². The van der Waals surface area contributed by atoms with Crippen molar-refractivity contribution in [2.45, 2.75) is 40.9 Å². The second-order valence-electron chi connectivity index (χ2n) is 4.93. The third-order valence-electron chi connectivity index (χ3n) is 2.06. The summed E-state index contributed by atoms with van der Waals surface area (Å²) >= 11 is 0. The predicted molar refractivity (Wildman–Crippen MR) is 97.3 cm³/mol. The molecule has 0 saturated carbocycles. The van der Waals surface area contributed by atoms with Crippen LogP contribution in [0.25, 0.3) is 0 Å². The number of rotatable bonds is 8. The summed E-state index contributed by atoms with van der Waals surface area (Å²) in [6.45, 7) is 18.5. The van der Waals surface area contributed by atoms with Gasteiger partial charge in [-0.05, 0) is 34.6 Å². The first-order chi connectivity index (χ1) is 11.9. The molecule has 0 aromatic carbocycles. The first-order valence-electron chi connectivity index (χ1n) is 7.70. The van der Waals surface area contributed by atoms with Crippen molar-refractivity contribution in [1.29, 1.82) is 0 Å². The van der Waals surface area contributed by atoms with E-state index in [0.717, 1.165) is 0 Å². The zero-order valence-corrected chi connectivity index (χ0v) is 16.2. The van der Waals surface area contributed by atoms with Crippen LogP contribution in [0.4, 0.5) is 0 Å². The highest BCUT2D eigenvalue weighted by Crippen LogP contribution is 1.98. The fourth-order valence-electron chi connectivity index (χ4n) is 0.782. The molecule has 0 radical (unpaired) electrons. The van der Waals surface area contributed by atoms with Crippen molar-refractivity contribution in [3.8, 4) is 0 Å². The summed E-state index contributed by atoms with van der Waals surface area (Å²) in [4.78, 5) is 30.9. The van der Waals surface area contributed by atoms with Crippen LogP contribution in [-0.4, -0.2) is 54.2 Å². The number of carboxylic acids is 1. The van der Waals surface area contributed by atoms with Crippen molar-refractivity contribution in [1.82, 2.24) is 0 Å². The molecule has 0 saturated heterocycles. The lowest BCUT2D eigenvalue weighted by Crippen LogP contribution is -2.18. The Morgan fingerprint density at radius 1 is 0.962 bits per heavy atom. The molecule has 0 rings (SSSR count). The molecule has 0 aliphatic heterocycles. The summed E-state index contributed by atoms with van der Waals surface area (Å²) < 4.78 is 14.2. The Morgan fingerprint density at radius 2 is 1.38 bits per heavy atom. The van der Waals surface area contributed by atoms with Crippen molar-refractivity contribution in [3.05, 3.63) is 36.5 Å². The van der Waals surface area contributed by atoms with E-state index in [2.05, 4.69) is 24.5 Å². The average Bonchev–Trinajstić information content (AvgIpc) is 2.53. The molecule has 150 valence electrons. The van der Waals surface area contributed by atoms with E-state index in [1.807, 2.05) is 6.92 Å². The van der Waals surface area contributed by atoms with Gasteiger partial charge in [0.05, 0.1) is 6.61 Å². The molecule has 0 heterocycles. The largest absolute Gasteiger partial charge is 0.478 e. The number of ether oxygens (including phenoxy) is 3. The first kappa shape index (κ1) is 28.4. The van der Waals surface area contributed by atoms with E-state index in [1.165, 1.54) is 6.92 Å². The maximum Gasteiger partial charge on any atom is 0.335 e. The number of carboxylic acid groups (broad SMARTS) is 1. The number of aliphatic carboxylic acids is 1. The summed E-state index contributed by atoms with van der Waals surface area (Å²) in [7, 11) is 0. The SMILES string of the molecule is C=C(C)C(=O)O.C=C(C)C(=O)OC(C)OCC.C=C(C)C(=O)OCCO. The summed E-state index contributed by atoms with van der Waals surface area (Å²) in [5.74, 6) is -1.80. The lowest BCUT2D eigenvalue weighted by atomic mass is 10.4. The van der Waals surface area contributed by atoms with Gasteiger partial charge in [-0.25, -0.2) is 14.4 Å². The van der Waals surface area contributed by atoms with E-state index in [0.29, 0.717) is 17.8 Å². The van der Waals surface area contributed by atoms with Gasteiger partial charge in [0.2, 0.25) is 0 Å². The Bertz CT molecular complexity index is 481. The Balaban J connectivity index is -0.000000319. The molecule has 0 aromatic rings. The van der Waals surface area contributed by atoms with Gasteiger partial charge in [-0.1, -0.05) is 19.7 Å². The lowest BCUT2D eigenvalue weighted by molar-refractivity contribution is -0.169. The molecule has 1 unspecified atom stereocenters. The fraction of sp³-hybridized carbons (Fsp3) is 0.500. The molecule has 26 heavy (non-hydrogen) atoms. The van der Waals surface area contributed by atoms with E-state index >= 15 is 0 Å². The molecular weight excluding hydrogens is 344 g/mol. The van der Waals surface area contributed by atoms with Crippen LogP contribution in [0, 0.1) is 0 Å². The summed E-state index contributed by atoms with van der Waals surface area (Å²) in [5.41, 5.74) is 0.912. The molecule has 0 spiro atoms. The monoisotopic (exact) mass is 374 g/mol. The molecule has 8 heteroatoms. The van der Waals surface area contributed by atoms with Gasteiger partial charge in [0.15, 0.2) is 6.29 Å². The highest BCUT2D eigenvalue weighted by molar-refractivity contribution is 5.87. The van der Waals surface area contributed by atoms with Crippen LogP contribution in [0.15, 0.2) is 36.5 Å². The smallest absolute Gasteiger partial charge is 0.335 e. The molecule has 2 N–H and O–H groups in total. The summed E-state index contributed by atoms with van der Waals surface area (Å²) in [6.07, 6.45) is -0.482. The van der Waals surface area contributed by atoms with Gasteiger partial charge < -0.3 is 24.4 Å². The first-order valence-corrected chi connectivity index (χ1v) is 7.70.